The van der Waals surface area contributed by atoms with E-state index in [4.69, 9.17) is 21.7 Å². The SMILES string of the molecule is CCOc1ccc(N2C(=S)NC(c3ccccn3)C2c2cccn2-c2ccc(C(=O)OC)cc2)cc1. The van der Waals surface area contributed by atoms with Gasteiger partial charge in [0.05, 0.1) is 31.0 Å². The lowest BCUT2D eigenvalue weighted by molar-refractivity contribution is 0.0600. The highest BCUT2D eigenvalue weighted by molar-refractivity contribution is 7.80. The lowest BCUT2D eigenvalue weighted by Crippen LogP contribution is -2.30. The van der Waals surface area contributed by atoms with Crippen LogP contribution in [0.4, 0.5) is 5.69 Å². The molecule has 1 aliphatic heterocycles. The first kappa shape index (κ1) is 23.6. The number of hydrogen-bond donors (Lipinski definition) is 1. The number of thiocarbonyl (C=S) groups is 1. The molecule has 1 saturated heterocycles. The van der Waals surface area contributed by atoms with Crippen LogP contribution in [-0.4, -0.2) is 34.3 Å². The Morgan fingerprint density at radius 2 is 1.75 bits per heavy atom. The molecule has 0 bridgehead atoms. The predicted molar refractivity (Wildman–Crippen MR) is 143 cm³/mol. The number of rotatable bonds is 7. The number of ether oxygens (including phenoxy) is 2. The number of pyridine rings is 1. The molecule has 1 N–H and O–H groups in total. The second-order valence-electron chi connectivity index (χ2n) is 8.27. The molecule has 3 heterocycles. The fraction of sp³-hybridized carbons (Fsp3) is 0.179. The Kier molecular flexibility index (Phi) is 6.69. The monoisotopic (exact) mass is 498 g/mol. The summed E-state index contributed by atoms with van der Waals surface area (Å²) in [7, 11) is 1.38. The quantitative estimate of drug-likeness (QED) is 0.276. The fourth-order valence-electron chi connectivity index (χ4n) is 4.55. The number of aromatic nitrogens is 2. The first-order valence-corrected chi connectivity index (χ1v) is 12.1. The van der Waals surface area contributed by atoms with Gasteiger partial charge in [0, 0.05) is 29.5 Å². The first-order chi connectivity index (χ1) is 17.6. The number of nitrogens with one attached hydrogen (secondary N) is 1. The Labute approximate surface area is 215 Å². The molecule has 0 radical (unpaired) electrons. The van der Waals surface area contributed by atoms with Gasteiger partial charge in [-0.25, -0.2) is 4.79 Å². The van der Waals surface area contributed by atoms with Crippen LogP contribution in [0.2, 0.25) is 0 Å². The Balaban J connectivity index is 1.59. The zero-order chi connectivity index (χ0) is 25.1. The molecule has 1 fully saturated rings. The average molecular weight is 499 g/mol. The van der Waals surface area contributed by atoms with Crippen molar-refractivity contribution in [1.82, 2.24) is 14.9 Å². The number of benzene rings is 2. The molecule has 182 valence electrons. The van der Waals surface area contributed by atoms with Crippen molar-refractivity contribution < 1.29 is 14.3 Å². The van der Waals surface area contributed by atoms with Crippen LogP contribution in [0.15, 0.2) is 91.3 Å². The van der Waals surface area contributed by atoms with Crippen molar-refractivity contribution >= 4 is 29.0 Å². The number of hydrogen-bond acceptors (Lipinski definition) is 5. The number of carbonyl (C=O) groups excluding carboxylic acids is 1. The highest BCUT2D eigenvalue weighted by Crippen LogP contribution is 2.42. The van der Waals surface area contributed by atoms with E-state index in [9.17, 15) is 4.79 Å². The first-order valence-electron chi connectivity index (χ1n) is 11.7. The van der Waals surface area contributed by atoms with Crippen LogP contribution in [0.25, 0.3) is 5.69 Å². The van der Waals surface area contributed by atoms with Gasteiger partial charge in [-0.15, -0.1) is 0 Å². The van der Waals surface area contributed by atoms with Gasteiger partial charge >= 0.3 is 5.97 Å². The average Bonchev–Trinajstić information content (AvgIpc) is 3.54. The summed E-state index contributed by atoms with van der Waals surface area (Å²) < 4.78 is 12.6. The van der Waals surface area contributed by atoms with Gasteiger partial charge < -0.3 is 24.3 Å². The van der Waals surface area contributed by atoms with Gasteiger partial charge in [0.2, 0.25) is 0 Å². The maximum Gasteiger partial charge on any atom is 0.337 e. The van der Waals surface area contributed by atoms with Gasteiger partial charge in [0.1, 0.15) is 11.8 Å². The van der Waals surface area contributed by atoms with Gasteiger partial charge in [-0.1, -0.05) is 6.07 Å². The molecule has 0 aliphatic carbocycles. The summed E-state index contributed by atoms with van der Waals surface area (Å²) in [5.74, 6) is 0.447. The van der Waals surface area contributed by atoms with Crippen LogP contribution < -0.4 is 15.0 Å². The molecule has 2 atom stereocenters. The molecule has 2 unspecified atom stereocenters. The Hall–Kier alpha value is -4.17. The minimum absolute atomic E-state index is 0.173. The van der Waals surface area contributed by atoms with Crippen LogP contribution in [0, 0.1) is 0 Å². The molecule has 0 amide bonds. The number of methoxy groups -OCH3 is 1. The third kappa shape index (κ3) is 4.43. The summed E-state index contributed by atoms with van der Waals surface area (Å²) in [6.07, 6.45) is 3.80. The third-order valence-corrected chi connectivity index (χ3v) is 6.49. The fourth-order valence-corrected chi connectivity index (χ4v) is 4.90. The second-order valence-corrected chi connectivity index (χ2v) is 8.65. The number of carbonyl (C=O) groups is 1. The highest BCUT2D eigenvalue weighted by atomic mass is 32.1. The summed E-state index contributed by atoms with van der Waals surface area (Å²) in [6.45, 7) is 2.57. The smallest absolute Gasteiger partial charge is 0.337 e. The standard InChI is InChI=1S/C28H26N4O3S/c1-3-35-22-15-13-21(14-16-22)32-26(25(30-28(32)36)23-7-4-5-17-29-23)24-8-6-18-31(24)20-11-9-19(10-12-20)27(33)34-2/h4-18,25-26H,3H2,1-2H3,(H,30,36). The number of esters is 1. The predicted octanol–water partition coefficient (Wildman–Crippen LogP) is 5.23. The summed E-state index contributed by atoms with van der Waals surface area (Å²) in [5, 5.41) is 4.12. The van der Waals surface area contributed by atoms with E-state index in [-0.39, 0.29) is 18.1 Å². The van der Waals surface area contributed by atoms with E-state index in [0.717, 1.165) is 28.5 Å². The molecule has 0 saturated carbocycles. The van der Waals surface area contributed by atoms with Crippen LogP contribution in [0.5, 0.6) is 5.75 Å². The van der Waals surface area contributed by atoms with E-state index in [0.29, 0.717) is 17.3 Å². The van der Waals surface area contributed by atoms with E-state index in [1.54, 1.807) is 18.3 Å². The van der Waals surface area contributed by atoms with Gasteiger partial charge in [0.25, 0.3) is 0 Å². The van der Waals surface area contributed by atoms with E-state index in [1.165, 1.54) is 7.11 Å². The van der Waals surface area contributed by atoms with Crippen molar-refractivity contribution in [2.45, 2.75) is 19.0 Å². The molecule has 2 aromatic carbocycles. The maximum absolute atomic E-state index is 11.9. The van der Waals surface area contributed by atoms with Crippen LogP contribution in [0.3, 0.4) is 0 Å². The summed E-state index contributed by atoms with van der Waals surface area (Å²) in [5.41, 5.74) is 4.30. The highest BCUT2D eigenvalue weighted by Gasteiger charge is 2.42. The lowest BCUT2D eigenvalue weighted by Gasteiger charge is -2.29. The van der Waals surface area contributed by atoms with Gasteiger partial charge in [0.15, 0.2) is 5.11 Å². The van der Waals surface area contributed by atoms with Crippen molar-refractivity contribution in [1.29, 1.82) is 0 Å². The topological polar surface area (TPSA) is 68.6 Å². The molecule has 1 aliphatic rings. The zero-order valence-electron chi connectivity index (χ0n) is 20.0. The van der Waals surface area contributed by atoms with Crippen molar-refractivity contribution in [3.8, 4) is 11.4 Å². The van der Waals surface area contributed by atoms with Crippen molar-refractivity contribution in [3.63, 3.8) is 0 Å². The summed E-state index contributed by atoms with van der Waals surface area (Å²) in [6, 6.07) is 24.9. The molecule has 0 spiro atoms. The van der Waals surface area contributed by atoms with Gasteiger partial charge in [-0.3, -0.25) is 4.98 Å². The normalized spacial score (nSPS) is 17.1. The molecule has 5 rings (SSSR count). The van der Waals surface area contributed by atoms with E-state index in [1.807, 2.05) is 73.8 Å². The molecular formula is C28H26N4O3S. The summed E-state index contributed by atoms with van der Waals surface area (Å²) >= 11 is 5.85. The van der Waals surface area contributed by atoms with Gasteiger partial charge in [-0.05, 0) is 91.9 Å². The van der Waals surface area contributed by atoms with Crippen molar-refractivity contribution in [2.24, 2.45) is 0 Å². The molecule has 4 aromatic rings. The Morgan fingerprint density at radius 1 is 1.00 bits per heavy atom. The minimum atomic E-state index is -0.364. The maximum atomic E-state index is 11.9. The zero-order valence-corrected chi connectivity index (χ0v) is 20.8. The Bertz CT molecular complexity index is 1350. The minimum Gasteiger partial charge on any atom is -0.494 e. The second kappa shape index (κ2) is 10.2. The van der Waals surface area contributed by atoms with Crippen molar-refractivity contribution in [3.05, 3.63) is 108 Å². The largest absolute Gasteiger partial charge is 0.494 e. The molecule has 2 aromatic heterocycles. The van der Waals surface area contributed by atoms with Crippen LogP contribution in [-0.2, 0) is 4.74 Å². The number of nitrogens with zero attached hydrogens (tertiary/aromatic N) is 3. The van der Waals surface area contributed by atoms with E-state index < -0.39 is 0 Å². The number of anilines is 1. The van der Waals surface area contributed by atoms with Crippen LogP contribution >= 0.6 is 12.2 Å². The molecule has 8 heteroatoms. The third-order valence-electron chi connectivity index (χ3n) is 6.17. The lowest BCUT2D eigenvalue weighted by atomic mass is 10.0. The molecule has 36 heavy (non-hydrogen) atoms. The van der Waals surface area contributed by atoms with Gasteiger partial charge in [-0.2, -0.15) is 0 Å². The van der Waals surface area contributed by atoms with Crippen molar-refractivity contribution in [2.75, 3.05) is 18.6 Å². The van der Waals surface area contributed by atoms with Crippen LogP contribution in [0.1, 0.15) is 40.8 Å². The van der Waals surface area contributed by atoms with E-state index >= 15 is 0 Å². The molecular weight excluding hydrogens is 472 g/mol. The molecule has 7 nitrogen and oxygen atoms in total. The van der Waals surface area contributed by atoms with E-state index in [2.05, 4.69) is 25.8 Å². The summed E-state index contributed by atoms with van der Waals surface area (Å²) in [4.78, 5) is 18.7. The Morgan fingerprint density at radius 3 is 2.42 bits per heavy atom.